The lowest BCUT2D eigenvalue weighted by Crippen LogP contribution is -2.69. The van der Waals surface area contributed by atoms with Crippen LogP contribution in [0.25, 0.3) is 5.70 Å². The van der Waals surface area contributed by atoms with Crippen LogP contribution in [-0.4, -0.2) is 42.5 Å². The highest BCUT2D eigenvalue weighted by atomic mass is 16.1. The number of hydrogen-bond acceptors (Lipinski definition) is 3. The van der Waals surface area contributed by atoms with Crippen LogP contribution in [0.5, 0.6) is 0 Å². The monoisotopic (exact) mass is 283 g/mol. The third kappa shape index (κ3) is 2.23. The van der Waals surface area contributed by atoms with Crippen LogP contribution in [-0.2, 0) is 4.79 Å². The Kier molecular flexibility index (Phi) is 3.00. The van der Waals surface area contributed by atoms with E-state index in [2.05, 4.69) is 15.5 Å². The van der Waals surface area contributed by atoms with Crippen LogP contribution >= 0.6 is 0 Å². The molecule has 4 heteroatoms. The maximum atomic E-state index is 12.4. The maximum absolute atomic E-state index is 12.4. The topological polar surface area (TPSA) is 44.4 Å². The van der Waals surface area contributed by atoms with Crippen molar-refractivity contribution < 1.29 is 4.79 Å². The molecule has 1 aromatic carbocycles. The second-order valence-electron chi connectivity index (χ2n) is 6.47. The minimum Gasteiger partial charge on any atom is -0.382 e. The van der Waals surface area contributed by atoms with Crippen LogP contribution in [0.2, 0.25) is 0 Å². The number of fused-ring (bicyclic) bond motifs is 2. The summed E-state index contributed by atoms with van der Waals surface area (Å²) in [6, 6.07) is 10.1. The Balaban J connectivity index is 1.61. The summed E-state index contributed by atoms with van der Waals surface area (Å²) < 4.78 is 0. The molecule has 4 aliphatic rings. The second kappa shape index (κ2) is 4.88. The zero-order chi connectivity index (χ0) is 14.3. The summed E-state index contributed by atoms with van der Waals surface area (Å²) in [6.45, 7) is 4.16. The van der Waals surface area contributed by atoms with Gasteiger partial charge in [0.15, 0.2) is 0 Å². The fraction of sp³-hybridized carbons (Fsp3) is 0.471. The van der Waals surface area contributed by atoms with Crippen LogP contribution in [0.1, 0.15) is 18.4 Å². The number of hydrogen-bond donors (Lipinski definition) is 2. The van der Waals surface area contributed by atoms with Crippen molar-refractivity contribution >= 4 is 11.6 Å². The summed E-state index contributed by atoms with van der Waals surface area (Å²) in [6.07, 6.45) is 4.10. The van der Waals surface area contributed by atoms with Gasteiger partial charge in [-0.2, -0.15) is 0 Å². The van der Waals surface area contributed by atoms with Gasteiger partial charge in [0, 0.05) is 24.9 Å². The van der Waals surface area contributed by atoms with Gasteiger partial charge < -0.3 is 15.5 Å². The molecule has 21 heavy (non-hydrogen) atoms. The Bertz CT molecular complexity index is 575. The van der Waals surface area contributed by atoms with Gasteiger partial charge in [0.2, 0.25) is 5.91 Å². The molecule has 2 N–H and O–H groups in total. The lowest BCUT2D eigenvalue weighted by atomic mass is 9.72. The fourth-order valence-corrected chi connectivity index (χ4v) is 4.08. The molecule has 4 aliphatic heterocycles. The Morgan fingerprint density at radius 3 is 2.57 bits per heavy atom. The normalized spacial score (nSPS) is 34.9. The molecule has 3 saturated heterocycles. The van der Waals surface area contributed by atoms with E-state index in [9.17, 15) is 4.79 Å². The van der Waals surface area contributed by atoms with E-state index in [0.717, 1.165) is 24.4 Å². The third-order valence-electron chi connectivity index (χ3n) is 5.20. The van der Waals surface area contributed by atoms with Crippen molar-refractivity contribution in [1.29, 1.82) is 0 Å². The molecule has 3 fully saturated rings. The van der Waals surface area contributed by atoms with Gasteiger partial charge >= 0.3 is 0 Å². The Hall–Kier alpha value is -1.81. The number of piperidine rings is 3. The Labute approximate surface area is 125 Å². The van der Waals surface area contributed by atoms with Gasteiger partial charge in [-0.3, -0.25) is 4.79 Å². The van der Waals surface area contributed by atoms with Gasteiger partial charge in [-0.25, -0.2) is 0 Å². The van der Waals surface area contributed by atoms with Crippen molar-refractivity contribution in [3.05, 3.63) is 42.0 Å². The summed E-state index contributed by atoms with van der Waals surface area (Å²) in [5.74, 6) is 0.634. The van der Waals surface area contributed by atoms with Crippen molar-refractivity contribution in [2.75, 3.05) is 26.2 Å². The van der Waals surface area contributed by atoms with Crippen molar-refractivity contribution in [1.82, 2.24) is 15.5 Å². The molecule has 4 nitrogen and oxygen atoms in total. The predicted octanol–water partition coefficient (Wildman–Crippen LogP) is 1.21. The van der Waals surface area contributed by atoms with Gasteiger partial charge in [0.1, 0.15) is 0 Å². The van der Waals surface area contributed by atoms with Crippen LogP contribution < -0.4 is 10.6 Å². The lowest BCUT2D eigenvalue weighted by Gasteiger charge is -2.53. The van der Waals surface area contributed by atoms with E-state index < -0.39 is 0 Å². The molecule has 1 amide bonds. The predicted molar refractivity (Wildman–Crippen MR) is 82.5 cm³/mol. The molecule has 5 rings (SSSR count). The van der Waals surface area contributed by atoms with E-state index in [1.54, 1.807) is 6.08 Å². The quantitative estimate of drug-likeness (QED) is 0.814. The molecule has 1 spiro atoms. The fourth-order valence-electron chi connectivity index (χ4n) is 4.08. The first kappa shape index (κ1) is 12.9. The van der Waals surface area contributed by atoms with Gasteiger partial charge in [-0.05, 0) is 37.4 Å². The van der Waals surface area contributed by atoms with Crippen molar-refractivity contribution in [3.8, 4) is 0 Å². The lowest BCUT2D eigenvalue weighted by molar-refractivity contribution is -0.120. The number of carbonyl (C=O) groups is 1. The van der Waals surface area contributed by atoms with E-state index in [4.69, 9.17) is 0 Å². The van der Waals surface area contributed by atoms with Crippen LogP contribution in [0.15, 0.2) is 36.4 Å². The Morgan fingerprint density at radius 2 is 1.90 bits per heavy atom. The minimum atomic E-state index is -0.0966. The van der Waals surface area contributed by atoms with E-state index >= 15 is 0 Å². The largest absolute Gasteiger partial charge is 0.382 e. The van der Waals surface area contributed by atoms with E-state index in [1.165, 1.54) is 25.9 Å². The summed E-state index contributed by atoms with van der Waals surface area (Å²) in [4.78, 5) is 14.9. The number of benzene rings is 1. The molecule has 0 aliphatic carbocycles. The number of carbonyl (C=O) groups excluding carboxylic acids is 1. The van der Waals surface area contributed by atoms with Gasteiger partial charge in [-0.15, -0.1) is 0 Å². The smallest absolute Gasteiger partial charge is 0.246 e. The Morgan fingerprint density at radius 1 is 1.14 bits per heavy atom. The van der Waals surface area contributed by atoms with E-state index in [-0.39, 0.29) is 11.4 Å². The third-order valence-corrected chi connectivity index (χ3v) is 5.20. The molecule has 2 bridgehead atoms. The van der Waals surface area contributed by atoms with Gasteiger partial charge in [0.25, 0.3) is 0 Å². The first-order chi connectivity index (χ1) is 10.3. The van der Waals surface area contributed by atoms with Crippen molar-refractivity contribution in [2.24, 2.45) is 5.92 Å². The van der Waals surface area contributed by atoms with Gasteiger partial charge in [-0.1, -0.05) is 30.3 Å². The van der Waals surface area contributed by atoms with Gasteiger partial charge in [0.05, 0.1) is 5.54 Å². The van der Waals surface area contributed by atoms with Crippen LogP contribution in [0.3, 0.4) is 0 Å². The average molecular weight is 283 g/mol. The van der Waals surface area contributed by atoms with Crippen LogP contribution in [0, 0.1) is 5.92 Å². The molecule has 1 atom stereocenters. The maximum Gasteiger partial charge on any atom is 0.246 e. The van der Waals surface area contributed by atoms with E-state index in [0.29, 0.717) is 5.92 Å². The summed E-state index contributed by atoms with van der Waals surface area (Å²) in [5.41, 5.74) is 1.91. The number of nitrogens with zero attached hydrogens (tertiary/aromatic N) is 1. The van der Waals surface area contributed by atoms with Crippen molar-refractivity contribution in [3.63, 3.8) is 0 Å². The average Bonchev–Trinajstić information content (AvgIpc) is 2.68. The first-order valence-corrected chi connectivity index (χ1v) is 7.81. The molecule has 1 aromatic rings. The first-order valence-electron chi connectivity index (χ1n) is 7.81. The summed E-state index contributed by atoms with van der Waals surface area (Å²) in [7, 11) is 0. The second-order valence-corrected chi connectivity index (χ2v) is 6.47. The number of amides is 1. The highest BCUT2D eigenvalue weighted by Gasteiger charge is 2.48. The minimum absolute atomic E-state index is 0.0348. The summed E-state index contributed by atoms with van der Waals surface area (Å²) >= 11 is 0. The molecule has 0 aromatic heterocycles. The molecule has 1 unspecified atom stereocenters. The zero-order valence-corrected chi connectivity index (χ0v) is 12.1. The highest BCUT2D eigenvalue weighted by Crippen LogP contribution is 2.36. The number of rotatable bonds is 1. The molecule has 4 heterocycles. The summed E-state index contributed by atoms with van der Waals surface area (Å²) in [5, 5.41) is 6.83. The highest BCUT2D eigenvalue weighted by molar-refractivity contribution is 5.96. The molecule has 0 saturated carbocycles. The molecular weight excluding hydrogens is 262 g/mol. The molecule has 110 valence electrons. The van der Waals surface area contributed by atoms with Crippen molar-refractivity contribution in [2.45, 2.75) is 18.4 Å². The molecule has 0 radical (unpaired) electrons. The SMILES string of the molecule is O=C1C=C(c2ccccc2)NCC2(CN3CCC2CC3)N1. The zero-order valence-electron chi connectivity index (χ0n) is 12.1. The number of nitrogens with one attached hydrogen (secondary N) is 2. The van der Waals surface area contributed by atoms with E-state index in [1.807, 2.05) is 30.3 Å². The standard InChI is InChI=1S/C17H21N3O/c21-16-10-15(13-4-2-1-3-5-13)18-11-17(19-16)12-20-8-6-14(17)7-9-20/h1-5,10,14,18H,6-9,11-12H2,(H,19,21). The molecular formula is C17H21N3O. The van der Waals surface area contributed by atoms with Crippen LogP contribution in [0.4, 0.5) is 0 Å².